The molecule has 3 nitrogen and oxygen atoms in total. The Balaban J connectivity index is 1.56. The quantitative estimate of drug-likeness (QED) is 0.762. The molecule has 134 valence electrons. The van der Waals surface area contributed by atoms with Crippen LogP contribution in [0.15, 0.2) is 48.5 Å². The van der Waals surface area contributed by atoms with E-state index < -0.39 is 0 Å². The van der Waals surface area contributed by atoms with E-state index in [0.717, 1.165) is 25.1 Å². The molecule has 1 aliphatic rings. The second kappa shape index (κ2) is 7.08. The molecule has 0 saturated heterocycles. The Morgan fingerprint density at radius 1 is 1.08 bits per heavy atom. The fourth-order valence-corrected chi connectivity index (χ4v) is 4.24. The Morgan fingerprint density at radius 2 is 1.88 bits per heavy atom. The fourth-order valence-electron chi connectivity index (χ4n) is 4.24. The molecule has 4 rings (SSSR count). The smallest absolute Gasteiger partial charge is 0.0674 e. The monoisotopic (exact) mass is 345 g/mol. The Kier molecular flexibility index (Phi) is 4.64. The number of rotatable bonds is 4. The second-order valence-corrected chi connectivity index (χ2v) is 7.42. The van der Waals surface area contributed by atoms with E-state index >= 15 is 0 Å². The van der Waals surface area contributed by atoms with Gasteiger partial charge in [-0.15, -0.1) is 0 Å². The van der Waals surface area contributed by atoms with Gasteiger partial charge >= 0.3 is 0 Å². The van der Waals surface area contributed by atoms with Gasteiger partial charge in [0.15, 0.2) is 0 Å². The van der Waals surface area contributed by atoms with Gasteiger partial charge in [0.2, 0.25) is 0 Å². The van der Waals surface area contributed by atoms with Crippen LogP contribution in [0.4, 0.5) is 0 Å². The van der Waals surface area contributed by atoms with Gasteiger partial charge in [-0.2, -0.15) is 5.10 Å². The number of nitrogens with zero attached hydrogens (tertiary/aromatic N) is 2. The summed E-state index contributed by atoms with van der Waals surface area (Å²) in [7, 11) is 2.03. The molecule has 1 aliphatic carbocycles. The van der Waals surface area contributed by atoms with Gasteiger partial charge in [0.1, 0.15) is 0 Å². The summed E-state index contributed by atoms with van der Waals surface area (Å²) in [6.07, 6.45) is 3.43. The first-order valence-electron chi connectivity index (χ1n) is 9.52. The Morgan fingerprint density at radius 3 is 2.62 bits per heavy atom. The molecule has 3 aromatic rings. The van der Waals surface area contributed by atoms with E-state index in [0.29, 0.717) is 6.04 Å². The Hall–Kier alpha value is -2.39. The third-order valence-electron chi connectivity index (χ3n) is 5.70. The highest BCUT2D eigenvalue weighted by atomic mass is 15.3. The molecule has 0 amide bonds. The van der Waals surface area contributed by atoms with E-state index in [1.807, 2.05) is 11.7 Å². The predicted octanol–water partition coefficient (Wildman–Crippen LogP) is 4.35. The van der Waals surface area contributed by atoms with Gasteiger partial charge < -0.3 is 5.32 Å². The van der Waals surface area contributed by atoms with Crippen molar-refractivity contribution >= 4 is 0 Å². The van der Waals surface area contributed by atoms with E-state index in [1.165, 1.54) is 39.9 Å². The van der Waals surface area contributed by atoms with Gasteiger partial charge in [0.25, 0.3) is 0 Å². The summed E-state index contributed by atoms with van der Waals surface area (Å²) in [5.41, 5.74) is 9.44. The number of aromatic nitrogens is 2. The molecule has 0 radical (unpaired) electrons. The van der Waals surface area contributed by atoms with Crippen molar-refractivity contribution in [3.8, 4) is 11.1 Å². The minimum absolute atomic E-state index is 0.550. The van der Waals surface area contributed by atoms with Crippen molar-refractivity contribution in [3.63, 3.8) is 0 Å². The van der Waals surface area contributed by atoms with E-state index in [1.54, 1.807) is 0 Å². The summed E-state index contributed by atoms with van der Waals surface area (Å²) in [5.74, 6) is 0. The van der Waals surface area contributed by atoms with Crippen molar-refractivity contribution in [1.29, 1.82) is 0 Å². The van der Waals surface area contributed by atoms with Crippen molar-refractivity contribution in [2.75, 3.05) is 0 Å². The lowest BCUT2D eigenvalue weighted by Gasteiger charge is -2.27. The summed E-state index contributed by atoms with van der Waals surface area (Å²) in [6, 6.07) is 18.0. The number of hydrogen-bond acceptors (Lipinski definition) is 2. The minimum Gasteiger partial charge on any atom is -0.310 e. The topological polar surface area (TPSA) is 29.9 Å². The SMILES string of the molecule is Cc1nn(C)c(C)c1-c1cccc2c1CC[C@H](NCc1ccccc1)C2. The summed E-state index contributed by atoms with van der Waals surface area (Å²) >= 11 is 0. The number of nitrogens with one attached hydrogen (secondary N) is 1. The molecule has 0 unspecified atom stereocenters. The molecule has 1 aromatic heterocycles. The molecule has 0 bridgehead atoms. The van der Waals surface area contributed by atoms with Crippen LogP contribution in [0.3, 0.4) is 0 Å². The third kappa shape index (κ3) is 3.19. The van der Waals surface area contributed by atoms with E-state index in [2.05, 4.69) is 72.8 Å². The highest BCUT2D eigenvalue weighted by Crippen LogP contribution is 2.35. The second-order valence-electron chi connectivity index (χ2n) is 7.42. The molecule has 1 heterocycles. The molecular weight excluding hydrogens is 318 g/mol. The number of fused-ring (bicyclic) bond motifs is 1. The van der Waals surface area contributed by atoms with Gasteiger partial charge in [0, 0.05) is 30.9 Å². The van der Waals surface area contributed by atoms with Crippen LogP contribution >= 0.6 is 0 Å². The Labute approximate surface area is 156 Å². The maximum absolute atomic E-state index is 4.62. The molecule has 1 N–H and O–H groups in total. The standard InChI is InChI=1S/C23H27N3/c1-16-23(17(2)26(3)25-16)22-11-7-10-19-14-20(12-13-21(19)22)24-15-18-8-5-4-6-9-18/h4-11,20,24H,12-15H2,1-3H3/t20-/m0/s1. The summed E-state index contributed by atoms with van der Waals surface area (Å²) in [6.45, 7) is 5.23. The van der Waals surface area contributed by atoms with Gasteiger partial charge in [-0.3, -0.25) is 4.68 Å². The van der Waals surface area contributed by atoms with Gasteiger partial charge in [-0.25, -0.2) is 0 Å². The number of aryl methyl sites for hydroxylation is 2. The molecule has 2 aromatic carbocycles. The van der Waals surface area contributed by atoms with Crippen LogP contribution in [0.5, 0.6) is 0 Å². The first-order valence-corrected chi connectivity index (χ1v) is 9.52. The van der Waals surface area contributed by atoms with E-state index in [-0.39, 0.29) is 0 Å². The highest BCUT2D eigenvalue weighted by Gasteiger charge is 2.23. The third-order valence-corrected chi connectivity index (χ3v) is 5.70. The molecular formula is C23H27N3. The molecule has 0 fully saturated rings. The van der Waals surface area contributed by atoms with Crippen LogP contribution < -0.4 is 5.32 Å². The largest absolute Gasteiger partial charge is 0.310 e. The highest BCUT2D eigenvalue weighted by molar-refractivity contribution is 5.73. The molecule has 26 heavy (non-hydrogen) atoms. The molecule has 0 spiro atoms. The molecule has 0 aliphatic heterocycles. The van der Waals surface area contributed by atoms with Crippen LogP contribution in [0.2, 0.25) is 0 Å². The zero-order valence-electron chi connectivity index (χ0n) is 15.9. The predicted molar refractivity (Wildman–Crippen MR) is 107 cm³/mol. The van der Waals surface area contributed by atoms with E-state index in [9.17, 15) is 0 Å². The van der Waals surface area contributed by atoms with Crippen molar-refractivity contribution in [3.05, 3.63) is 76.6 Å². The van der Waals surface area contributed by atoms with Crippen LogP contribution in [-0.2, 0) is 26.4 Å². The van der Waals surface area contributed by atoms with Crippen LogP contribution in [0.1, 0.15) is 34.5 Å². The lowest BCUT2D eigenvalue weighted by molar-refractivity contribution is 0.458. The summed E-state index contributed by atoms with van der Waals surface area (Å²) < 4.78 is 2.00. The van der Waals surface area contributed by atoms with Crippen molar-refractivity contribution in [2.45, 2.75) is 45.7 Å². The lowest BCUT2D eigenvalue weighted by atomic mass is 9.83. The zero-order valence-corrected chi connectivity index (χ0v) is 15.9. The van der Waals surface area contributed by atoms with E-state index in [4.69, 9.17) is 0 Å². The lowest BCUT2D eigenvalue weighted by Crippen LogP contribution is -2.34. The van der Waals surface area contributed by atoms with Gasteiger partial charge in [-0.05, 0) is 55.4 Å². The average molecular weight is 345 g/mol. The van der Waals surface area contributed by atoms with Crippen LogP contribution in [0, 0.1) is 13.8 Å². The molecule has 0 saturated carbocycles. The number of hydrogen-bond donors (Lipinski definition) is 1. The zero-order chi connectivity index (χ0) is 18.1. The summed E-state index contributed by atoms with van der Waals surface area (Å²) in [5, 5.41) is 8.37. The first-order chi connectivity index (χ1) is 12.6. The van der Waals surface area contributed by atoms with Crippen molar-refractivity contribution in [2.24, 2.45) is 7.05 Å². The van der Waals surface area contributed by atoms with Gasteiger partial charge in [-0.1, -0.05) is 48.5 Å². The maximum atomic E-state index is 4.62. The van der Waals surface area contributed by atoms with Crippen LogP contribution in [0.25, 0.3) is 11.1 Å². The normalized spacial score (nSPS) is 16.5. The minimum atomic E-state index is 0.550. The van der Waals surface area contributed by atoms with Crippen LogP contribution in [-0.4, -0.2) is 15.8 Å². The Bertz CT molecular complexity index is 909. The molecule has 3 heteroatoms. The average Bonchev–Trinajstić information content (AvgIpc) is 2.92. The van der Waals surface area contributed by atoms with Gasteiger partial charge in [0.05, 0.1) is 5.69 Å². The summed E-state index contributed by atoms with van der Waals surface area (Å²) in [4.78, 5) is 0. The number of benzene rings is 2. The first kappa shape index (κ1) is 17.0. The van der Waals surface area contributed by atoms with Crippen molar-refractivity contribution in [1.82, 2.24) is 15.1 Å². The fraction of sp³-hybridized carbons (Fsp3) is 0.348. The van der Waals surface area contributed by atoms with Crippen molar-refractivity contribution < 1.29 is 0 Å². The maximum Gasteiger partial charge on any atom is 0.0674 e. The molecule has 1 atom stereocenters.